The van der Waals surface area contributed by atoms with Crippen molar-refractivity contribution < 1.29 is 4.79 Å². The summed E-state index contributed by atoms with van der Waals surface area (Å²) in [5.41, 5.74) is 5.40. The molecule has 0 radical (unpaired) electrons. The molecule has 0 saturated heterocycles. The van der Waals surface area contributed by atoms with E-state index in [9.17, 15) is 4.79 Å². The molecule has 0 spiro atoms. The summed E-state index contributed by atoms with van der Waals surface area (Å²) in [5.74, 6) is 0. The number of nitrogens with one attached hydrogen (secondary N) is 2. The van der Waals surface area contributed by atoms with Gasteiger partial charge in [-0.25, -0.2) is 9.78 Å². The lowest BCUT2D eigenvalue weighted by Gasteiger charge is -2.09. The number of hydrogen-bond donors (Lipinski definition) is 2. The average molecular weight is 336 g/mol. The molecule has 2 amide bonds. The fraction of sp³-hybridized carbons (Fsp3) is 0.300. The van der Waals surface area contributed by atoms with Gasteiger partial charge in [0.1, 0.15) is 5.65 Å². The van der Waals surface area contributed by atoms with Crippen molar-refractivity contribution in [3.63, 3.8) is 0 Å². The number of fused-ring (bicyclic) bond motifs is 1. The van der Waals surface area contributed by atoms with Crippen molar-refractivity contribution in [2.24, 2.45) is 0 Å². The summed E-state index contributed by atoms with van der Waals surface area (Å²) in [6.07, 6.45) is 4.71. The Hall–Kier alpha value is -2.82. The first-order valence-electron chi connectivity index (χ1n) is 8.63. The zero-order valence-corrected chi connectivity index (χ0v) is 15.0. The molecule has 0 aliphatic carbocycles. The van der Waals surface area contributed by atoms with Gasteiger partial charge in [0.05, 0.1) is 0 Å². The van der Waals surface area contributed by atoms with Gasteiger partial charge in [0, 0.05) is 36.6 Å². The van der Waals surface area contributed by atoms with E-state index in [1.165, 1.54) is 11.1 Å². The number of nitrogens with zero attached hydrogens (tertiary/aromatic N) is 2. The van der Waals surface area contributed by atoms with Crippen molar-refractivity contribution >= 4 is 22.8 Å². The summed E-state index contributed by atoms with van der Waals surface area (Å²) >= 11 is 0. The van der Waals surface area contributed by atoms with Gasteiger partial charge in [-0.3, -0.25) is 0 Å². The number of amides is 2. The van der Waals surface area contributed by atoms with Crippen LogP contribution >= 0.6 is 0 Å². The van der Waals surface area contributed by atoms with Gasteiger partial charge in [-0.1, -0.05) is 6.07 Å². The van der Waals surface area contributed by atoms with Gasteiger partial charge in [0.2, 0.25) is 0 Å². The Morgan fingerprint density at radius 2 is 2.04 bits per heavy atom. The van der Waals surface area contributed by atoms with Crippen LogP contribution in [0.1, 0.15) is 23.6 Å². The summed E-state index contributed by atoms with van der Waals surface area (Å²) in [7, 11) is 0. The second-order valence-corrected chi connectivity index (χ2v) is 6.24. The molecule has 5 nitrogen and oxygen atoms in total. The van der Waals surface area contributed by atoms with Gasteiger partial charge in [-0.15, -0.1) is 0 Å². The summed E-state index contributed by atoms with van der Waals surface area (Å²) in [5, 5.41) is 6.96. The Bertz CT molecular complexity index is 898. The number of carbonyl (C=O) groups excluding carboxylic acids is 1. The number of urea groups is 1. The molecule has 3 aromatic rings. The lowest BCUT2D eigenvalue weighted by atomic mass is 10.1. The Kier molecular flexibility index (Phi) is 5.03. The minimum atomic E-state index is -0.180. The Labute approximate surface area is 148 Å². The van der Waals surface area contributed by atoms with Gasteiger partial charge >= 0.3 is 6.03 Å². The summed E-state index contributed by atoms with van der Waals surface area (Å²) in [6.45, 7) is 7.66. The number of hydrogen-bond acceptors (Lipinski definition) is 2. The molecular weight excluding hydrogens is 312 g/mol. The van der Waals surface area contributed by atoms with Crippen LogP contribution in [0.3, 0.4) is 0 Å². The summed E-state index contributed by atoms with van der Waals surface area (Å²) < 4.78 is 2.14. The monoisotopic (exact) mass is 336 g/mol. The van der Waals surface area contributed by atoms with Crippen LogP contribution in [0.5, 0.6) is 0 Å². The van der Waals surface area contributed by atoms with Crippen LogP contribution in [0, 0.1) is 13.8 Å². The van der Waals surface area contributed by atoms with E-state index in [2.05, 4.69) is 46.3 Å². The quantitative estimate of drug-likeness (QED) is 0.739. The van der Waals surface area contributed by atoms with Crippen LogP contribution in [0.2, 0.25) is 0 Å². The maximum atomic E-state index is 12.1. The molecule has 0 aliphatic rings. The van der Waals surface area contributed by atoms with Crippen LogP contribution in [-0.2, 0) is 13.0 Å². The largest absolute Gasteiger partial charge is 0.338 e. The molecule has 0 unspecified atom stereocenters. The second-order valence-electron chi connectivity index (χ2n) is 6.24. The highest BCUT2D eigenvalue weighted by Gasteiger charge is 2.09. The number of aromatic nitrogens is 2. The molecule has 5 heteroatoms. The molecule has 1 aromatic carbocycles. The number of anilines is 1. The number of benzene rings is 1. The Balaban J connectivity index is 1.59. The van der Waals surface area contributed by atoms with Crippen LogP contribution in [-0.4, -0.2) is 22.1 Å². The van der Waals surface area contributed by atoms with Crippen molar-refractivity contribution in [2.75, 3.05) is 11.9 Å². The first-order chi connectivity index (χ1) is 12.1. The fourth-order valence-electron chi connectivity index (χ4n) is 2.94. The van der Waals surface area contributed by atoms with Gasteiger partial charge in [-0.05, 0) is 68.1 Å². The molecule has 25 heavy (non-hydrogen) atoms. The van der Waals surface area contributed by atoms with E-state index in [1.807, 2.05) is 37.4 Å². The minimum absolute atomic E-state index is 0.180. The van der Waals surface area contributed by atoms with E-state index in [0.717, 1.165) is 35.2 Å². The number of rotatable bonds is 5. The minimum Gasteiger partial charge on any atom is -0.338 e. The molecule has 2 aromatic heterocycles. The normalized spacial score (nSPS) is 10.8. The first-order valence-corrected chi connectivity index (χ1v) is 8.63. The van der Waals surface area contributed by atoms with Gasteiger partial charge < -0.3 is 15.2 Å². The zero-order chi connectivity index (χ0) is 17.8. The summed E-state index contributed by atoms with van der Waals surface area (Å²) in [6, 6.07) is 9.76. The van der Waals surface area contributed by atoms with Crippen molar-refractivity contribution in [1.82, 2.24) is 14.9 Å². The third-order valence-corrected chi connectivity index (χ3v) is 4.50. The zero-order valence-electron chi connectivity index (χ0n) is 15.0. The van der Waals surface area contributed by atoms with Crippen molar-refractivity contribution in [2.45, 2.75) is 33.7 Å². The standard InChI is InChI=1S/C20H24N4O/c1-4-24-13-16(18-6-5-10-21-19(18)24)9-11-22-20(25)23-17-8-7-14(2)15(3)12-17/h5-8,10,12-13H,4,9,11H2,1-3H3,(H2,22,23,25). The SMILES string of the molecule is CCn1cc(CCNC(=O)Nc2ccc(C)c(C)c2)c2cccnc21. The molecule has 0 atom stereocenters. The van der Waals surface area contributed by atoms with E-state index in [1.54, 1.807) is 0 Å². The lowest BCUT2D eigenvalue weighted by molar-refractivity contribution is 0.252. The highest BCUT2D eigenvalue weighted by molar-refractivity contribution is 5.89. The summed E-state index contributed by atoms with van der Waals surface area (Å²) in [4.78, 5) is 16.5. The van der Waals surface area contributed by atoms with Crippen LogP contribution in [0.25, 0.3) is 11.0 Å². The maximum absolute atomic E-state index is 12.1. The predicted octanol–water partition coefficient (Wildman–Crippen LogP) is 4.04. The molecule has 0 bridgehead atoms. The van der Waals surface area contributed by atoms with E-state index in [0.29, 0.717) is 6.54 Å². The fourth-order valence-corrected chi connectivity index (χ4v) is 2.94. The van der Waals surface area contributed by atoms with Crippen LogP contribution < -0.4 is 10.6 Å². The van der Waals surface area contributed by atoms with E-state index in [4.69, 9.17) is 0 Å². The van der Waals surface area contributed by atoms with Gasteiger partial charge in [0.15, 0.2) is 0 Å². The first kappa shape index (κ1) is 17.0. The third kappa shape index (κ3) is 3.82. The molecular formula is C20H24N4O. The number of aryl methyl sites for hydroxylation is 3. The number of carbonyl (C=O) groups is 1. The molecule has 0 aliphatic heterocycles. The highest BCUT2D eigenvalue weighted by atomic mass is 16.2. The van der Waals surface area contributed by atoms with Gasteiger partial charge in [0.25, 0.3) is 0 Å². The van der Waals surface area contributed by atoms with E-state index < -0.39 is 0 Å². The topological polar surface area (TPSA) is 59.0 Å². The Morgan fingerprint density at radius 3 is 2.80 bits per heavy atom. The van der Waals surface area contributed by atoms with Crippen molar-refractivity contribution in [3.8, 4) is 0 Å². The molecule has 0 saturated carbocycles. The Morgan fingerprint density at radius 1 is 1.20 bits per heavy atom. The smallest absolute Gasteiger partial charge is 0.319 e. The average Bonchev–Trinajstić information content (AvgIpc) is 2.96. The van der Waals surface area contributed by atoms with Crippen molar-refractivity contribution in [1.29, 1.82) is 0 Å². The van der Waals surface area contributed by atoms with E-state index in [-0.39, 0.29) is 6.03 Å². The predicted molar refractivity (Wildman–Crippen MR) is 102 cm³/mol. The third-order valence-electron chi connectivity index (χ3n) is 4.50. The maximum Gasteiger partial charge on any atom is 0.319 e. The molecule has 2 N–H and O–H groups in total. The number of pyridine rings is 1. The highest BCUT2D eigenvalue weighted by Crippen LogP contribution is 2.19. The lowest BCUT2D eigenvalue weighted by Crippen LogP contribution is -2.30. The van der Waals surface area contributed by atoms with Gasteiger partial charge in [-0.2, -0.15) is 0 Å². The van der Waals surface area contributed by atoms with Crippen LogP contribution in [0.15, 0.2) is 42.7 Å². The van der Waals surface area contributed by atoms with E-state index >= 15 is 0 Å². The molecule has 3 rings (SSSR count). The molecule has 2 heterocycles. The van der Waals surface area contributed by atoms with Crippen LogP contribution in [0.4, 0.5) is 10.5 Å². The second kappa shape index (κ2) is 7.38. The van der Waals surface area contributed by atoms with Crippen molar-refractivity contribution in [3.05, 3.63) is 59.4 Å². The molecule has 0 fully saturated rings. The molecule has 130 valence electrons.